The molecule has 1 aliphatic rings. The Hall–Kier alpha value is -0.140. The van der Waals surface area contributed by atoms with Gasteiger partial charge in [0.1, 0.15) is 0 Å². The summed E-state index contributed by atoms with van der Waals surface area (Å²) in [6.45, 7) is 9.65. The van der Waals surface area contributed by atoms with E-state index < -0.39 is 0 Å². The Kier molecular flexibility index (Phi) is 11.6. The van der Waals surface area contributed by atoms with E-state index in [2.05, 4.69) is 75.5 Å². The topological polar surface area (TPSA) is 0 Å². The second-order valence-corrected chi connectivity index (χ2v) is 21.0. The summed E-state index contributed by atoms with van der Waals surface area (Å²) >= 11 is -0.322. The fourth-order valence-corrected chi connectivity index (χ4v) is 12.8. The molecule has 0 aromatic heterocycles. The number of hydrogen-bond donors (Lipinski definition) is 0. The molecule has 149 valence electrons. The van der Waals surface area contributed by atoms with Crippen LogP contribution in [-0.4, -0.2) is 5.92 Å². The molecule has 4 heteroatoms. The van der Waals surface area contributed by atoms with Crippen molar-refractivity contribution in [2.75, 3.05) is 0 Å². The van der Waals surface area contributed by atoms with E-state index in [1.54, 1.807) is 11.1 Å². The molecule has 1 radical (unpaired) electrons. The predicted octanol–water partition coefficient (Wildman–Crippen LogP) is 1.28. The van der Waals surface area contributed by atoms with E-state index >= 15 is 0 Å². The minimum atomic E-state index is -0.322. The molecule has 0 spiro atoms. The third-order valence-electron chi connectivity index (χ3n) is 5.30. The molecule has 0 bridgehead atoms. The maximum atomic E-state index is 2.51. The van der Waals surface area contributed by atoms with Crippen LogP contribution in [0.4, 0.5) is 0 Å². The zero-order chi connectivity index (χ0) is 18.5. The average Bonchev–Trinajstić information content (AvgIpc) is 2.94. The molecule has 0 saturated heterocycles. The summed E-state index contributed by atoms with van der Waals surface area (Å²) in [7, 11) is 0. The fourth-order valence-electron chi connectivity index (χ4n) is 3.89. The van der Waals surface area contributed by atoms with Gasteiger partial charge in [0.25, 0.3) is 0 Å². The van der Waals surface area contributed by atoms with Crippen molar-refractivity contribution in [2.24, 2.45) is 0 Å². The van der Waals surface area contributed by atoms with Crippen LogP contribution >= 0.6 is 0 Å². The second-order valence-electron chi connectivity index (χ2n) is 7.78. The van der Waals surface area contributed by atoms with Gasteiger partial charge in [0.05, 0.1) is 0 Å². The Labute approximate surface area is 196 Å². The van der Waals surface area contributed by atoms with E-state index in [1.165, 1.54) is 54.4 Å². The molecule has 0 saturated carbocycles. The molecule has 0 fully saturated rings. The van der Waals surface area contributed by atoms with Crippen molar-refractivity contribution in [3.63, 3.8) is 0 Å². The van der Waals surface area contributed by atoms with E-state index in [0.29, 0.717) is 0 Å². The Morgan fingerprint density at radius 3 is 2.29 bits per heavy atom. The van der Waals surface area contributed by atoms with Crippen molar-refractivity contribution >= 4 is 12.0 Å². The van der Waals surface area contributed by atoms with Gasteiger partial charge in [0.15, 0.2) is 0 Å². The first-order valence-electron chi connectivity index (χ1n) is 10.1. The van der Waals surface area contributed by atoms with Gasteiger partial charge in [0, 0.05) is 0 Å². The molecule has 0 nitrogen and oxygen atoms in total. The molecule has 0 aliphatic heterocycles. The quantitative estimate of drug-likeness (QED) is 0.372. The van der Waals surface area contributed by atoms with Gasteiger partial charge in [-0.05, 0) is 0 Å². The Bertz CT molecular complexity index is 769. The van der Waals surface area contributed by atoms with Crippen molar-refractivity contribution in [1.82, 2.24) is 0 Å². The number of halogens is 2. The van der Waals surface area contributed by atoms with E-state index in [0.717, 1.165) is 3.63 Å². The number of fused-ring (bicyclic) bond motifs is 1. The van der Waals surface area contributed by atoms with Crippen molar-refractivity contribution in [3.8, 4) is 11.1 Å². The van der Waals surface area contributed by atoms with Gasteiger partial charge in [0.2, 0.25) is 0 Å². The normalized spacial score (nSPS) is 14.6. The molecule has 2 aromatic carbocycles. The second kappa shape index (κ2) is 12.5. The largest absolute Gasteiger partial charge is 1.00 e. The Balaban J connectivity index is 0.00000196. The number of rotatable bonds is 8. The summed E-state index contributed by atoms with van der Waals surface area (Å²) in [4.78, 5) is 0. The number of aryl methyl sites for hydroxylation is 1. The SMILES string of the molecule is CCCCCCc1ccc(-c2cccc3c2C=C(C)[CH]3[Zr+2][Si](C)C)cc1.[Cl-].[Cl-]. The molecule has 1 unspecified atom stereocenters. The molecular weight excluding hydrogens is 478 g/mol. The molecular formula is C24H31Cl2SiZr. The van der Waals surface area contributed by atoms with Gasteiger partial charge in [-0.15, -0.1) is 0 Å². The van der Waals surface area contributed by atoms with Crippen LogP contribution in [0.25, 0.3) is 17.2 Å². The zero-order valence-electron chi connectivity index (χ0n) is 17.5. The van der Waals surface area contributed by atoms with Crippen LogP contribution in [0.15, 0.2) is 48.0 Å². The molecule has 0 amide bonds. The minimum Gasteiger partial charge on any atom is -1.00 e. The third-order valence-corrected chi connectivity index (χ3v) is 14.4. The van der Waals surface area contributed by atoms with Crippen LogP contribution in [0.5, 0.6) is 0 Å². The van der Waals surface area contributed by atoms with Crippen molar-refractivity contribution in [3.05, 3.63) is 64.7 Å². The molecule has 1 aliphatic carbocycles. The van der Waals surface area contributed by atoms with Gasteiger partial charge in [-0.25, -0.2) is 0 Å². The maximum Gasteiger partial charge on any atom is -1.00 e. The summed E-state index contributed by atoms with van der Waals surface area (Å²) in [6, 6.07) is 16.4. The number of unbranched alkanes of at least 4 members (excludes halogenated alkanes) is 3. The summed E-state index contributed by atoms with van der Waals surface area (Å²) in [5.41, 5.74) is 9.06. The number of benzene rings is 2. The first-order chi connectivity index (χ1) is 12.6. The van der Waals surface area contributed by atoms with Crippen LogP contribution in [-0.2, 0) is 28.8 Å². The standard InChI is InChI=1S/C22H25.C2H6Si.2ClH.Zr/c1-3-4-5-6-8-18-11-13-19(14-12-18)21-10-7-9-20-15-17(2)16-22(20)21;1-3-2;;;/h7,9-16H,3-6,8H2,1-2H3;1-2H3;2*1H;/q;;;;+2/p-2. The summed E-state index contributed by atoms with van der Waals surface area (Å²) < 4.78 is 0.815. The van der Waals surface area contributed by atoms with Crippen LogP contribution in [0.2, 0.25) is 13.1 Å². The van der Waals surface area contributed by atoms with Crippen LogP contribution in [0.3, 0.4) is 0 Å². The van der Waals surface area contributed by atoms with Gasteiger partial charge in [-0.1, -0.05) is 13.3 Å². The molecule has 28 heavy (non-hydrogen) atoms. The summed E-state index contributed by atoms with van der Waals surface area (Å²) in [6.07, 6.45) is 9.07. The predicted molar refractivity (Wildman–Crippen MR) is 114 cm³/mol. The van der Waals surface area contributed by atoms with Crippen LogP contribution in [0.1, 0.15) is 59.8 Å². The average molecular weight is 510 g/mol. The Morgan fingerprint density at radius 1 is 0.929 bits per heavy atom. The van der Waals surface area contributed by atoms with Crippen LogP contribution in [0, 0.1) is 0 Å². The van der Waals surface area contributed by atoms with E-state index in [-0.39, 0.29) is 53.1 Å². The molecule has 0 N–H and O–H groups in total. The Morgan fingerprint density at radius 2 is 1.64 bits per heavy atom. The molecule has 3 rings (SSSR count). The number of hydrogen-bond acceptors (Lipinski definition) is 0. The smallest absolute Gasteiger partial charge is 1.00 e. The summed E-state index contributed by atoms with van der Waals surface area (Å²) in [5.74, 6) is -0.0578. The van der Waals surface area contributed by atoms with Crippen LogP contribution < -0.4 is 24.8 Å². The van der Waals surface area contributed by atoms with E-state index in [1.807, 2.05) is 0 Å². The van der Waals surface area contributed by atoms with Crippen molar-refractivity contribution < 1.29 is 47.2 Å². The van der Waals surface area contributed by atoms with Crippen molar-refractivity contribution in [2.45, 2.75) is 62.7 Å². The van der Waals surface area contributed by atoms with Gasteiger partial charge in [-0.3, -0.25) is 0 Å². The monoisotopic (exact) mass is 507 g/mol. The number of allylic oxidation sites excluding steroid dienone is 1. The van der Waals surface area contributed by atoms with Gasteiger partial charge >= 0.3 is 160 Å². The molecule has 1 atom stereocenters. The van der Waals surface area contributed by atoms with Gasteiger partial charge < -0.3 is 24.8 Å². The molecule has 2 aromatic rings. The van der Waals surface area contributed by atoms with Crippen molar-refractivity contribution in [1.29, 1.82) is 0 Å². The van der Waals surface area contributed by atoms with Gasteiger partial charge in [-0.2, -0.15) is 0 Å². The summed E-state index contributed by atoms with van der Waals surface area (Å²) in [5, 5.41) is 0. The van der Waals surface area contributed by atoms with E-state index in [9.17, 15) is 0 Å². The first kappa shape index (κ1) is 25.9. The zero-order valence-corrected chi connectivity index (χ0v) is 22.5. The maximum absolute atomic E-state index is 2.51. The fraction of sp³-hybridized carbons (Fsp3) is 0.417. The molecule has 0 heterocycles. The van der Waals surface area contributed by atoms with E-state index in [4.69, 9.17) is 0 Å². The first-order valence-corrected chi connectivity index (χ1v) is 17.7. The minimum absolute atomic E-state index is 0. The third kappa shape index (κ3) is 6.43.